The number of hydrogen-bond donors (Lipinski definition) is 1. The number of nitrogens with two attached hydrogens (primary N) is 1. The second-order valence-corrected chi connectivity index (χ2v) is 4.60. The first kappa shape index (κ1) is 16.4. The SMILES string of the molecule is COC(=O)CSc1cc([N+](=O)[O-])cc([N+](=O)[O-])c1C(N)=O. The van der Waals surface area contributed by atoms with Crippen molar-refractivity contribution in [1.82, 2.24) is 0 Å². The zero-order valence-electron chi connectivity index (χ0n) is 10.6. The average molecular weight is 315 g/mol. The highest BCUT2D eigenvalue weighted by Crippen LogP contribution is 2.34. The summed E-state index contributed by atoms with van der Waals surface area (Å²) in [5.41, 5.74) is 3.22. The van der Waals surface area contributed by atoms with Crippen molar-refractivity contribution >= 4 is 35.0 Å². The van der Waals surface area contributed by atoms with E-state index >= 15 is 0 Å². The number of nitrogens with zero attached hydrogens (tertiary/aromatic N) is 2. The van der Waals surface area contributed by atoms with Gasteiger partial charge in [-0.3, -0.25) is 29.8 Å². The Labute approximate surface area is 121 Å². The molecule has 0 aliphatic rings. The van der Waals surface area contributed by atoms with E-state index in [0.29, 0.717) is 17.8 Å². The lowest BCUT2D eigenvalue weighted by atomic mass is 10.1. The summed E-state index contributed by atoms with van der Waals surface area (Å²) in [5.74, 6) is -2.07. The molecule has 0 bridgehead atoms. The van der Waals surface area contributed by atoms with Crippen LogP contribution in [0.1, 0.15) is 10.4 Å². The lowest BCUT2D eigenvalue weighted by Crippen LogP contribution is -2.16. The summed E-state index contributed by atoms with van der Waals surface area (Å²) in [4.78, 5) is 42.2. The van der Waals surface area contributed by atoms with E-state index in [0.717, 1.165) is 13.2 Å². The van der Waals surface area contributed by atoms with Gasteiger partial charge >= 0.3 is 5.97 Å². The Balaban J connectivity index is 3.42. The van der Waals surface area contributed by atoms with Gasteiger partial charge in [0.15, 0.2) is 0 Å². The molecule has 112 valence electrons. The number of ether oxygens (including phenoxy) is 1. The molecular weight excluding hydrogens is 306 g/mol. The maximum absolute atomic E-state index is 11.4. The Morgan fingerprint density at radius 3 is 2.33 bits per heavy atom. The van der Waals surface area contributed by atoms with Crippen molar-refractivity contribution in [1.29, 1.82) is 0 Å². The van der Waals surface area contributed by atoms with Crippen LogP contribution in [0, 0.1) is 20.2 Å². The summed E-state index contributed by atoms with van der Waals surface area (Å²) in [6, 6.07) is 1.59. The topological polar surface area (TPSA) is 156 Å². The number of primary amides is 1. The standard InChI is InChI=1S/C10H9N3O7S/c1-20-8(14)4-21-7-3-5(12(16)17)2-6(13(18)19)9(7)10(11)15/h2-3H,4H2,1H3,(H2,11,15). The minimum atomic E-state index is -1.12. The molecule has 0 atom stereocenters. The molecule has 0 heterocycles. The fourth-order valence-corrected chi connectivity index (χ4v) is 2.34. The summed E-state index contributed by atoms with van der Waals surface area (Å²) >= 11 is 0.687. The Morgan fingerprint density at radius 1 is 1.29 bits per heavy atom. The van der Waals surface area contributed by atoms with Crippen LogP contribution in [-0.4, -0.2) is 34.6 Å². The van der Waals surface area contributed by atoms with Crippen LogP contribution in [0.15, 0.2) is 17.0 Å². The average Bonchev–Trinajstić information content (AvgIpc) is 2.42. The minimum absolute atomic E-state index is 0.131. The van der Waals surface area contributed by atoms with Crippen molar-refractivity contribution < 1.29 is 24.2 Å². The van der Waals surface area contributed by atoms with Crippen LogP contribution in [0.25, 0.3) is 0 Å². The van der Waals surface area contributed by atoms with Gasteiger partial charge < -0.3 is 10.5 Å². The molecule has 0 aromatic heterocycles. The van der Waals surface area contributed by atoms with Crippen LogP contribution in [-0.2, 0) is 9.53 Å². The highest BCUT2D eigenvalue weighted by molar-refractivity contribution is 8.00. The second-order valence-electron chi connectivity index (χ2n) is 3.58. The Hall–Kier alpha value is -2.69. The van der Waals surface area contributed by atoms with E-state index in [1.54, 1.807) is 0 Å². The quantitative estimate of drug-likeness (QED) is 0.350. The van der Waals surface area contributed by atoms with Crippen LogP contribution in [0.4, 0.5) is 11.4 Å². The van der Waals surface area contributed by atoms with Crippen molar-refractivity contribution in [2.45, 2.75) is 4.90 Å². The van der Waals surface area contributed by atoms with E-state index in [9.17, 15) is 29.8 Å². The summed E-state index contributed by atoms with van der Waals surface area (Å²) in [7, 11) is 1.13. The van der Waals surface area contributed by atoms with Crippen molar-refractivity contribution in [2.75, 3.05) is 12.9 Å². The van der Waals surface area contributed by atoms with Gasteiger partial charge in [-0.05, 0) is 0 Å². The van der Waals surface area contributed by atoms with Gasteiger partial charge in [0.2, 0.25) is 0 Å². The Morgan fingerprint density at radius 2 is 1.90 bits per heavy atom. The molecule has 0 unspecified atom stereocenters. The zero-order chi connectivity index (χ0) is 16.2. The molecule has 0 aliphatic heterocycles. The molecule has 1 rings (SSSR count). The van der Waals surface area contributed by atoms with E-state index in [2.05, 4.69) is 4.74 Å². The van der Waals surface area contributed by atoms with Crippen molar-refractivity contribution in [3.05, 3.63) is 37.9 Å². The fourth-order valence-electron chi connectivity index (χ4n) is 1.39. The molecule has 2 N–H and O–H groups in total. The molecule has 0 radical (unpaired) electrons. The monoisotopic (exact) mass is 315 g/mol. The second kappa shape index (κ2) is 6.65. The molecule has 11 heteroatoms. The first-order valence-corrected chi connectivity index (χ1v) is 6.22. The van der Waals surface area contributed by atoms with Crippen LogP contribution in [0.3, 0.4) is 0 Å². The van der Waals surface area contributed by atoms with Crippen LogP contribution < -0.4 is 5.73 Å². The Bertz CT molecular complexity index is 631. The van der Waals surface area contributed by atoms with Gasteiger partial charge in [0.1, 0.15) is 5.56 Å². The molecule has 0 saturated carbocycles. The lowest BCUT2D eigenvalue weighted by Gasteiger charge is -2.06. The zero-order valence-corrected chi connectivity index (χ0v) is 11.4. The molecule has 10 nitrogen and oxygen atoms in total. The number of carbonyl (C=O) groups is 2. The van der Waals surface area contributed by atoms with Crippen LogP contribution >= 0.6 is 11.8 Å². The van der Waals surface area contributed by atoms with Crippen LogP contribution in [0.2, 0.25) is 0 Å². The number of hydrogen-bond acceptors (Lipinski definition) is 8. The van der Waals surface area contributed by atoms with Gasteiger partial charge in [-0.15, -0.1) is 11.8 Å². The van der Waals surface area contributed by atoms with Crippen molar-refractivity contribution in [2.24, 2.45) is 5.73 Å². The van der Waals surface area contributed by atoms with Crippen LogP contribution in [0.5, 0.6) is 0 Å². The Kier molecular flexibility index (Phi) is 5.18. The predicted octanol–water partition coefficient (Wildman–Crippen LogP) is 0.867. The van der Waals surface area contributed by atoms with Gasteiger partial charge in [0.25, 0.3) is 17.3 Å². The van der Waals surface area contributed by atoms with Gasteiger partial charge in [-0.1, -0.05) is 0 Å². The smallest absolute Gasteiger partial charge is 0.315 e. The number of nitro benzene ring substituents is 2. The number of thioether (sulfide) groups is 1. The summed E-state index contributed by atoms with van der Waals surface area (Å²) in [5, 5.41) is 21.7. The van der Waals surface area contributed by atoms with E-state index in [1.165, 1.54) is 0 Å². The summed E-state index contributed by atoms with van der Waals surface area (Å²) in [6.45, 7) is 0. The van der Waals surface area contributed by atoms with Gasteiger partial charge in [-0.2, -0.15) is 0 Å². The number of carbonyl (C=O) groups excluding carboxylic acids is 2. The first-order chi connectivity index (χ1) is 9.77. The van der Waals surface area contributed by atoms with E-state index in [4.69, 9.17) is 5.73 Å². The van der Waals surface area contributed by atoms with Crippen molar-refractivity contribution in [3.63, 3.8) is 0 Å². The molecule has 1 amide bonds. The van der Waals surface area contributed by atoms with Gasteiger partial charge in [0, 0.05) is 11.0 Å². The molecule has 0 fully saturated rings. The third kappa shape index (κ3) is 3.89. The normalized spacial score (nSPS) is 9.95. The first-order valence-electron chi connectivity index (χ1n) is 5.24. The van der Waals surface area contributed by atoms with E-state index in [-0.39, 0.29) is 10.6 Å². The number of nitro groups is 2. The number of esters is 1. The number of amides is 1. The maximum Gasteiger partial charge on any atom is 0.315 e. The largest absolute Gasteiger partial charge is 0.468 e. The summed E-state index contributed by atoms with van der Waals surface area (Å²) in [6.07, 6.45) is 0. The third-order valence-corrected chi connectivity index (χ3v) is 3.31. The molecule has 1 aromatic carbocycles. The summed E-state index contributed by atoms with van der Waals surface area (Å²) < 4.78 is 4.38. The number of rotatable bonds is 6. The predicted molar refractivity (Wildman–Crippen MR) is 71.0 cm³/mol. The number of benzene rings is 1. The molecular formula is C10H9N3O7S. The van der Waals surface area contributed by atoms with Gasteiger partial charge in [-0.25, -0.2) is 0 Å². The fraction of sp³-hybridized carbons (Fsp3) is 0.200. The maximum atomic E-state index is 11.4. The molecule has 0 saturated heterocycles. The number of non-ortho nitro benzene ring substituents is 1. The number of methoxy groups -OCH3 is 1. The minimum Gasteiger partial charge on any atom is -0.468 e. The molecule has 21 heavy (non-hydrogen) atoms. The third-order valence-electron chi connectivity index (χ3n) is 2.29. The van der Waals surface area contributed by atoms with Gasteiger partial charge in [0.05, 0.1) is 28.8 Å². The lowest BCUT2D eigenvalue weighted by molar-refractivity contribution is -0.394. The van der Waals surface area contributed by atoms with Crippen molar-refractivity contribution in [3.8, 4) is 0 Å². The van der Waals surface area contributed by atoms with E-state index in [1.807, 2.05) is 0 Å². The highest BCUT2D eigenvalue weighted by atomic mass is 32.2. The highest BCUT2D eigenvalue weighted by Gasteiger charge is 2.28. The molecule has 0 aliphatic carbocycles. The van der Waals surface area contributed by atoms with E-state index < -0.39 is 38.7 Å². The molecule has 0 spiro atoms. The molecule has 1 aromatic rings.